The van der Waals surface area contributed by atoms with Crippen molar-refractivity contribution in [3.05, 3.63) is 0 Å². The molecule has 13 N–H and O–H groups in total. The fraction of sp³-hybridized carbons (Fsp3) is 1.00. The number of nitrogens with two attached hydrogens (primary N) is 5. The van der Waals surface area contributed by atoms with Gasteiger partial charge >= 0.3 is 0 Å². The summed E-state index contributed by atoms with van der Waals surface area (Å²) in [4.78, 5) is 0. The van der Waals surface area contributed by atoms with Crippen molar-refractivity contribution in [1.29, 1.82) is 0 Å². The lowest BCUT2D eigenvalue weighted by molar-refractivity contribution is -0.307. The first-order valence-electron chi connectivity index (χ1n) is 18.7. The second-order valence-electron chi connectivity index (χ2n) is 14.1. The van der Waals surface area contributed by atoms with E-state index < -0.39 is 73.4 Å². The van der Waals surface area contributed by atoms with Gasteiger partial charge in [0.2, 0.25) is 0 Å². The zero-order valence-electron chi connectivity index (χ0n) is 29.5. The molecule has 0 unspecified atom stereocenters. The summed E-state index contributed by atoms with van der Waals surface area (Å²) in [6.45, 7) is 4.75. The van der Waals surface area contributed by atoms with Gasteiger partial charge in [-0.25, -0.2) is 0 Å². The molecule has 0 aromatic rings. The maximum Gasteiger partial charge on any atom is 0.186 e. The van der Waals surface area contributed by atoms with Crippen molar-refractivity contribution in [3.63, 3.8) is 0 Å². The predicted molar refractivity (Wildman–Crippen MR) is 196 cm³/mol. The van der Waals surface area contributed by atoms with Gasteiger partial charge in [-0.2, -0.15) is 23.5 Å². The molecular formula is C34H69N5O7S2. The summed E-state index contributed by atoms with van der Waals surface area (Å²) in [5.74, 6) is 2.48. The molecule has 1 aliphatic carbocycles. The highest BCUT2D eigenvalue weighted by molar-refractivity contribution is 8.00. The van der Waals surface area contributed by atoms with Crippen LogP contribution in [0.15, 0.2) is 0 Å². The Bertz CT molecular complexity index is 860. The van der Waals surface area contributed by atoms with Crippen LogP contribution in [0.5, 0.6) is 0 Å². The number of aliphatic hydroxyl groups excluding tert-OH is 3. The van der Waals surface area contributed by atoms with E-state index in [-0.39, 0.29) is 11.4 Å². The van der Waals surface area contributed by atoms with E-state index in [0.717, 1.165) is 30.8 Å². The number of hydrogen-bond donors (Lipinski definition) is 8. The van der Waals surface area contributed by atoms with Gasteiger partial charge in [0.1, 0.15) is 24.4 Å². The van der Waals surface area contributed by atoms with Gasteiger partial charge in [-0.15, -0.1) is 0 Å². The van der Waals surface area contributed by atoms with Gasteiger partial charge in [-0.05, 0) is 37.2 Å². The molecule has 0 radical (unpaired) electrons. The van der Waals surface area contributed by atoms with Gasteiger partial charge in [0.25, 0.3) is 0 Å². The molecule has 284 valence electrons. The van der Waals surface area contributed by atoms with Crippen LogP contribution in [0.1, 0.15) is 104 Å². The van der Waals surface area contributed by atoms with Crippen LogP contribution in [-0.4, -0.2) is 124 Å². The number of hydrogen-bond acceptors (Lipinski definition) is 14. The van der Waals surface area contributed by atoms with Crippen molar-refractivity contribution in [3.8, 4) is 0 Å². The average Bonchev–Trinajstić information content (AvgIpc) is 3.07. The van der Waals surface area contributed by atoms with Crippen LogP contribution in [0.25, 0.3) is 0 Å². The van der Waals surface area contributed by atoms with Crippen LogP contribution in [0.4, 0.5) is 0 Å². The van der Waals surface area contributed by atoms with E-state index in [2.05, 4.69) is 13.8 Å². The number of thioether (sulfide) groups is 2. The Balaban J connectivity index is 1.51. The van der Waals surface area contributed by atoms with Gasteiger partial charge < -0.3 is 62.9 Å². The first-order valence-corrected chi connectivity index (χ1v) is 20.9. The van der Waals surface area contributed by atoms with Gasteiger partial charge in [0, 0.05) is 29.6 Å². The van der Waals surface area contributed by atoms with Crippen molar-refractivity contribution in [1.82, 2.24) is 0 Å². The minimum Gasteiger partial charge on any atom is -0.389 e. The molecule has 2 saturated heterocycles. The van der Waals surface area contributed by atoms with Crippen LogP contribution < -0.4 is 28.7 Å². The third-order valence-corrected chi connectivity index (χ3v) is 12.6. The molecule has 14 heteroatoms. The first kappa shape index (κ1) is 42.6. The number of ether oxygens (including phenoxy) is 4. The fourth-order valence-electron chi connectivity index (χ4n) is 6.87. The minimum atomic E-state index is -1.32. The van der Waals surface area contributed by atoms with Gasteiger partial charge in [-0.1, -0.05) is 78.1 Å². The van der Waals surface area contributed by atoms with Crippen molar-refractivity contribution in [2.24, 2.45) is 28.7 Å². The lowest BCUT2D eigenvalue weighted by Crippen LogP contribution is -2.68. The topological polar surface area (TPSA) is 228 Å². The predicted octanol–water partition coefficient (Wildman–Crippen LogP) is 1.91. The Morgan fingerprint density at radius 2 is 1.17 bits per heavy atom. The fourth-order valence-corrected chi connectivity index (χ4v) is 9.38. The third kappa shape index (κ3) is 13.0. The van der Waals surface area contributed by atoms with Crippen LogP contribution in [0, 0.1) is 0 Å². The van der Waals surface area contributed by atoms with Crippen molar-refractivity contribution in [2.75, 3.05) is 23.8 Å². The summed E-state index contributed by atoms with van der Waals surface area (Å²) in [7, 11) is 0. The maximum absolute atomic E-state index is 11.5. The van der Waals surface area contributed by atoms with E-state index in [1.54, 1.807) is 11.8 Å². The highest BCUT2D eigenvalue weighted by Gasteiger charge is 2.50. The molecule has 48 heavy (non-hydrogen) atoms. The van der Waals surface area contributed by atoms with Crippen LogP contribution in [0.2, 0.25) is 0 Å². The molecule has 0 amide bonds. The Kier molecular flexibility index (Phi) is 20.4. The summed E-state index contributed by atoms with van der Waals surface area (Å²) >= 11 is 3.54. The molecular weight excluding hydrogens is 655 g/mol. The smallest absolute Gasteiger partial charge is 0.186 e. The van der Waals surface area contributed by atoms with Crippen LogP contribution in [0.3, 0.4) is 0 Å². The SMILES string of the molecule is CCCCCCCCCCS[C@@H]1C[C@@H](N)[C@@H](O[C@H]2[C@H](O)[C@@H](O[C@H]3O[C@H](CSCCCCCC)[C@@H](O)[C@H](N)[C@H]3O)[C@H](N)C[C@@H]2N)O[C@@H]1CN. The third-order valence-electron chi connectivity index (χ3n) is 9.97. The molecule has 3 aliphatic rings. The Morgan fingerprint density at radius 3 is 1.79 bits per heavy atom. The summed E-state index contributed by atoms with van der Waals surface area (Å²) in [6, 6.07) is -2.67. The summed E-state index contributed by atoms with van der Waals surface area (Å²) in [6.07, 6.45) is 7.45. The first-order chi connectivity index (χ1) is 23.1. The standard InChI is InChI=1S/C34H69N5O7S2/c1-3-5-7-9-10-11-12-14-16-48-26-18-23(38)33(43-24(26)19-35)45-31-21(36)17-22(37)32(30(31)42)46-34-29(41)27(39)28(40)25(44-34)20-47-15-13-8-6-4-2/h21-34,40-42H,3-20,35-39H2,1-2H3/t21-,22+,23+,24+,25+,26+,27-,28+,29+,30-,31+,32-,33+,34+/m0/s1. The molecule has 0 aromatic carbocycles. The van der Waals surface area contributed by atoms with E-state index in [0.29, 0.717) is 25.1 Å². The molecule has 0 spiro atoms. The largest absolute Gasteiger partial charge is 0.389 e. The lowest BCUT2D eigenvalue weighted by Gasteiger charge is -2.48. The zero-order chi connectivity index (χ0) is 35.1. The van der Waals surface area contributed by atoms with Crippen LogP contribution >= 0.6 is 23.5 Å². The molecule has 0 bridgehead atoms. The monoisotopic (exact) mass is 723 g/mol. The van der Waals surface area contributed by atoms with E-state index in [1.165, 1.54) is 57.8 Å². The normalized spacial score (nSPS) is 39.1. The average molecular weight is 724 g/mol. The number of rotatable bonds is 22. The summed E-state index contributed by atoms with van der Waals surface area (Å²) in [5.41, 5.74) is 31.8. The molecule has 3 fully saturated rings. The quantitative estimate of drug-likeness (QED) is 0.0747. The van der Waals surface area contributed by atoms with Gasteiger partial charge in [0.05, 0.1) is 30.4 Å². The molecule has 2 heterocycles. The number of unbranched alkanes of at least 4 members (excludes halogenated alkanes) is 10. The zero-order valence-corrected chi connectivity index (χ0v) is 31.1. The van der Waals surface area contributed by atoms with Gasteiger partial charge in [-0.3, -0.25) is 0 Å². The molecule has 2 aliphatic heterocycles. The number of aliphatic hydroxyl groups is 3. The second-order valence-corrected chi connectivity index (χ2v) is 16.6. The summed E-state index contributed by atoms with van der Waals surface area (Å²) < 4.78 is 24.8. The second kappa shape index (κ2) is 23.0. The van der Waals surface area contributed by atoms with Crippen molar-refractivity contribution >= 4 is 23.5 Å². The molecule has 3 rings (SSSR count). The Morgan fingerprint density at radius 1 is 0.625 bits per heavy atom. The van der Waals surface area contributed by atoms with E-state index in [4.69, 9.17) is 47.6 Å². The highest BCUT2D eigenvalue weighted by atomic mass is 32.2. The van der Waals surface area contributed by atoms with Gasteiger partial charge in [0.15, 0.2) is 12.6 Å². The van der Waals surface area contributed by atoms with E-state index in [9.17, 15) is 15.3 Å². The Hall–Kier alpha value is 0.220. The lowest BCUT2D eigenvalue weighted by atomic mass is 9.84. The highest BCUT2D eigenvalue weighted by Crippen LogP contribution is 2.34. The summed E-state index contributed by atoms with van der Waals surface area (Å²) in [5, 5.41) is 33.2. The molecule has 12 nitrogen and oxygen atoms in total. The van der Waals surface area contributed by atoms with Crippen molar-refractivity contribution < 1.29 is 34.3 Å². The molecule has 1 saturated carbocycles. The molecule has 0 aromatic heterocycles. The van der Waals surface area contributed by atoms with E-state index in [1.807, 2.05) is 11.8 Å². The minimum absolute atomic E-state index is 0.163. The van der Waals surface area contributed by atoms with E-state index >= 15 is 0 Å². The maximum atomic E-state index is 11.5. The van der Waals surface area contributed by atoms with Crippen molar-refractivity contribution in [2.45, 2.75) is 188 Å². The Labute approximate surface area is 298 Å². The van der Waals surface area contributed by atoms with Crippen LogP contribution in [-0.2, 0) is 18.9 Å². The molecule has 14 atom stereocenters.